The third kappa shape index (κ3) is 5.80. The summed E-state index contributed by atoms with van der Waals surface area (Å²) in [5, 5.41) is 14.4. The highest BCUT2D eigenvalue weighted by atomic mass is 16.5. The van der Waals surface area contributed by atoms with E-state index in [4.69, 9.17) is 9.15 Å². The number of aryl methyl sites for hydroxylation is 1. The van der Waals surface area contributed by atoms with E-state index >= 15 is 0 Å². The standard InChI is InChI=1S/C25H24N6O4/c1-18-27-28-29-31(18)22(15-19-9-4-3-5-10-19)25(33)30(16-20-11-8-14-35-20)17-24(32)26-21-12-6-7-13-23(21)34-2/h3-15H,16-17H2,1-2H3,(H,26,32). The van der Waals surface area contributed by atoms with Crippen LogP contribution in [0.1, 0.15) is 17.1 Å². The first-order valence-corrected chi connectivity index (χ1v) is 10.8. The third-order valence-electron chi connectivity index (χ3n) is 5.11. The first-order chi connectivity index (χ1) is 17.0. The lowest BCUT2D eigenvalue weighted by Crippen LogP contribution is -2.39. The lowest BCUT2D eigenvalue weighted by Gasteiger charge is -2.23. The highest BCUT2D eigenvalue weighted by Gasteiger charge is 2.26. The molecule has 0 aliphatic carbocycles. The van der Waals surface area contributed by atoms with Crippen molar-refractivity contribution in [2.45, 2.75) is 13.5 Å². The zero-order valence-corrected chi connectivity index (χ0v) is 19.3. The fourth-order valence-electron chi connectivity index (χ4n) is 3.44. The SMILES string of the molecule is COc1ccccc1NC(=O)CN(Cc1ccco1)C(=O)C(=Cc1ccccc1)n1nnnc1C. The van der Waals surface area contributed by atoms with Gasteiger partial charge in [0.15, 0.2) is 5.82 Å². The predicted molar refractivity (Wildman–Crippen MR) is 129 cm³/mol. The quantitative estimate of drug-likeness (QED) is 0.372. The van der Waals surface area contributed by atoms with Crippen molar-refractivity contribution in [1.29, 1.82) is 0 Å². The molecule has 0 fully saturated rings. The maximum atomic E-state index is 13.8. The van der Waals surface area contributed by atoms with Crippen molar-refractivity contribution in [2.24, 2.45) is 0 Å². The Morgan fingerprint density at radius 2 is 1.86 bits per heavy atom. The molecule has 35 heavy (non-hydrogen) atoms. The van der Waals surface area contributed by atoms with Crippen LogP contribution in [0, 0.1) is 6.92 Å². The second-order valence-corrected chi connectivity index (χ2v) is 7.57. The number of tetrazole rings is 1. The molecule has 4 rings (SSSR count). The van der Waals surface area contributed by atoms with Crippen LogP contribution in [0.2, 0.25) is 0 Å². The van der Waals surface area contributed by atoms with Crippen molar-refractivity contribution in [3.8, 4) is 5.75 Å². The van der Waals surface area contributed by atoms with Gasteiger partial charge < -0.3 is 19.4 Å². The number of furan rings is 1. The Morgan fingerprint density at radius 3 is 2.54 bits per heavy atom. The van der Waals surface area contributed by atoms with Gasteiger partial charge in [-0.2, -0.15) is 4.68 Å². The Labute approximate surface area is 201 Å². The molecule has 0 bridgehead atoms. The van der Waals surface area contributed by atoms with E-state index < -0.39 is 11.8 Å². The number of hydrogen-bond donors (Lipinski definition) is 1. The number of rotatable bonds is 9. The summed E-state index contributed by atoms with van der Waals surface area (Å²) in [5.74, 6) is 0.615. The first-order valence-electron chi connectivity index (χ1n) is 10.8. The van der Waals surface area contributed by atoms with E-state index in [-0.39, 0.29) is 18.8 Å². The van der Waals surface area contributed by atoms with Crippen molar-refractivity contribution in [2.75, 3.05) is 19.0 Å². The van der Waals surface area contributed by atoms with Crippen molar-refractivity contribution < 1.29 is 18.7 Å². The summed E-state index contributed by atoms with van der Waals surface area (Å²) in [7, 11) is 1.52. The van der Waals surface area contributed by atoms with Crippen LogP contribution in [0.4, 0.5) is 5.69 Å². The van der Waals surface area contributed by atoms with Gasteiger partial charge >= 0.3 is 0 Å². The Bertz CT molecular complexity index is 1310. The van der Waals surface area contributed by atoms with Gasteiger partial charge in [0.2, 0.25) is 5.91 Å². The van der Waals surface area contributed by atoms with Crippen LogP contribution in [0.15, 0.2) is 77.4 Å². The van der Waals surface area contributed by atoms with Crippen molar-refractivity contribution in [1.82, 2.24) is 25.1 Å². The average Bonchev–Trinajstić information content (AvgIpc) is 3.54. The number of anilines is 1. The molecule has 2 amide bonds. The number of nitrogens with zero attached hydrogens (tertiary/aromatic N) is 5. The molecular weight excluding hydrogens is 448 g/mol. The van der Waals surface area contributed by atoms with Crippen LogP contribution in [0.25, 0.3) is 11.8 Å². The molecule has 0 unspecified atom stereocenters. The zero-order chi connectivity index (χ0) is 24.6. The number of aromatic nitrogens is 4. The van der Waals surface area contributed by atoms with Gasteiger partial charge in [0, 0.05) is 0 Å². The van der Waals surface area contributed by atoms with Gasteiger partial charge in [0.25, 0.3) is 5.91 Å². The topological polar surface area (TPSA) is 115 Å². The fraction of sp³-hybridized carbons (Fsp3) is 0.160. The fourth-order valence-corrected chi connectivity index (χ4v) is 3.44. The zero-order valence-electron chi connectivity index (χ0n) is 19.3. The molecule has 0 atom stereocenters. The number of carbonyl (C=O) groups excluding carboxylic acids is 2. The van der Waals surface area contributed by atoms with Crippen molar-refractivity contribution in [3.63, 3.8) is 0 Å². The Balaban J connectivity index is 1.66. The molecule has 0 radical (unpaired) electrons. The number of nitrogens with one attached hydrogen (secondary N) is 1. The monoisotopic (exact) mass is 472 g/mol. The van der Waals surface area contributed by atoms with Crippen LogP contribution in [0.5, 0.6) is 5.75 Å². The molecule has 2 aromatic heterocycles. The molecule has 0 saturated heterocycles. The lowest BCUT2D eigenvalue weighted by molar-refractivity contribution is -0.130. The molecule has 0 aliphatic rings. The number of carbonyl (C=O) groups is 2. The van der Waals surface area contributed by atoms with Crippen LogP contribution in [0.3, 0.4) is 0 Å². The molecule has 0 saturated carbocycles. The summed E-state index contributed by atoms with van der Waals surface area (Å²) in [6.45, 7) is 1.51. The van der Waals surface area contributed by atoms with Crippen LogP contribution in [-0.2, 0) is 16.1 Å². The molecule has 10 heteroatoms. The lowest BCUT2D eigenvalue weighted by atomic mass is 10.1. The molecule has 0 spiro atoms. The summed E-state index contributed by atoms with van der Waals surface area (Å²) in [5.41, 5.74) is 1.47. The normalized spacial score (nSPS) is 11.2. The van der Waals surface area contributed by atoms with Crippen LogP contribution in [-0.4, -0.2) is 50.6 Å². The molecule has 1 N–H and O–H groups in total. The maximum absolute atomic E-state index is 13.8. The van der Waals surface area contributed by atoms with E-state index in [1.54, 1.807) is 49.4 Å². The van der Waals surface area contributed by atoms with E-state index in [0.717, 1.165) is 5.56 Å². The highest BCUT2D eigenvalue weighted by molar-refractivity contribution is 6.19. The van der Waals surface area contributed by atoms with Crippen LogP contribution >= 0.6 is 0 Å². The smallest absolute Gasteiger partial charge is 0.273 e. The average molecular weight is 473 g/mol. The molecular formula is C25H24N6O4. The second-order valence-electron chi connectivity index (χ2n) is 7.57. The maximum Gasteiger partial charge on any atom is 0.273 e. The highest BCUT2D eigenvalue weighted by Crippen LogP contribution is 2.23. The van der Waals surface area contributed by atoms with E-state index in [0.29, 0.717) is 23.0 Å². The summed E-state index contributed by atoms with van der Waals surface area (Å²) in [6.07, 6.45) is 3.19. The summed E-state index contributed by atoms with van der Waals surface area (Å²) >= 11 is 0. The minimum absolute atomic E-state index is 0.0679. The number of benzene rings is 2. The summed E-state index contributed by atoms with van der Waals surface area (Å²) < 4.78 is 12.1. The van der Waals surface area contributed by atoms with Crippen LogP contribution < -0.4 is 10.1 Å². The summed E-state index contributed by atoms with van der Waals surface area (Å²) in [4.78, 5) is 28.2. The van der Waals surface area contributed by atoms with Crippen molar-refractivity contribution >= 4 is 29.3 Å². The van der Waals surface area contributed by atoms with E-state index in [9.17, 15) is 9.59 Å². The Morgan fingerprint density at radius 1 is 1.09 bits per heavy atom. The van der Waals surface area contributed by atoms with Gasteiger partial charge in [-0.25, -0.2) is 0 Å². The third-order valence-corrected chi connectivity index (χ3v) is 5.11. The number of para-hydroxylation sites is 2. The van der Waals surface area contributed by atoms with E-state index in [1.165, 1.54) is 23.0 Å². The van der Waals surface area contributed by atoms with E-state index in [1.807, 2.05) is 30.3 Å². The molecule has 4 aromatic rings. The van der Waals surface area contributed by atoms with E-state index in [2.05, 4.69) is 20.8 Å². The van der Waals surface area contributed by atoms with Gasteiger partial charge in [-0.05, 0) is 53.3 Å². The largest absolute Gasteiger partial charge is 0.495 e. The molecule has 2 aromatic carbocycles. The van der Waals surface area contributed by atoms with Gasteiger partial charge in [0.05, 0.1) is 25.6 Å². The number of hydrogen-bond acceptors (Lipinski definition) is 7. The first kappa shape index (κ1) is 23.4. The number of ether oxygens (including phenoxy) is 1. The Hall–Kier alpha value is -4.73. The van der Waals surface area contributed by atoms with Crippen molar-refractivity contribution in [3.05, 3.63) is 90.1 Å². The van der Waals surface area contributed by atoms with Gasteiger partial charge in [0.1, 0.15) is 23.8 Å². The second kappa shape index (κ2) is 10.9. The predicted octanol–water partition coefficient (Wildman–Crippen LogP) is 3.25. The minimum Gasteiger partial charge on any atom is -0.495 e. The molecule has 2 heterocycles. The van der Waals surface area contributed by atoms with Gasteiger partial charge in [-0.15, -0.1) is 5.10 Å². The number of methoxy groups -OCH3 is 1. The molecule has 10 nitrogen and oxygen atoms in total. The summed E-state index contributed by atoms with van der Waals surface area (Å²) in [6, 6.07) is 19.8. The number of amides is 2. The minimum atomic E-state index is -0.448. The van der Waals surface area contributed by atoms with Gasteiger partial charge in [-0.1, -0.05) is 42.5 Å². The Kier molecular flexibility index (Phi) is 7.31. The molecule has 178 valence electrons. The van der Waals surface area contributed by atoms with Gasteiger partial charge in [-0.3, -0.25) is 9.59 Å². The molecule has 0 aliphatic heterocycles.